The summed E-state index contributed by atoms with van der Waals surface area (Å²) in [5.74, 6) is 7.35. The molecule has 6 aromatic heterocycles. The van der Waals surface area contributed by atoms with Crippen molar-refractivity contribution in [2.75, 3.05) is 96.1 Å². The van der Waals surface area contributed by atoms with Crippen LogP contribution in [0.2, 0.25) is 0 Å². The molecule has 25 nitrogen and oxygen atoms in total. The van der Waals surface area contributed by atoms with Gasteiger partial charge in [-0.3, -0.25) is 14.4 Å². The predicted octanol–water partition coefficient (Wildman–Crippen LogP) is 12.0. The lowest BCUT2D eigenvalue weighted by Gasteiger charge is -2.33. The van der Waals surface area contributed by atoms with E-state index in [4.69, 9.17) is 60.6 Å². The molecule has 1 atom stereocenters. The summed E-state index contributed by atoms with van der Waals surface area (Å²) in [5, 5.41) is 12.1. The minimum atomic E-state index is -0.942. The van der Waals surface area contributed by atoms with Crippen LogP contribution >= 0.6 is 83.1 Å². The van der Waals surface area contributed by atoms with Crippen LogP contribution in [0.15, 0.2) is 117 Å². The van der Waals surface area contributed by atoms with E-state index in [2.05, 4.69) is 76.4 Å². The number of fused-ring (bicyclic) bond motifs is 6. The number of benzene rings is 3. The standard InChI is InChI=1S/C24H28BrN5O4S.C23H26BrN5O3S.C22H24BrN5O3S/c1-14(31)23(32)29-7-3-15(4-8-29)5-9-30-17-2-6-27-22(26)21(17)28-24(30)35-20-13-19-18(12-16(20)25)33-10-11-34-19;1-14(30)28-7-3-15(4-8-28)5-9-29-17-2-6-26-22(25)21(17)27-23(29)33-20-13-19-18(12-16(20)24)31-10-11-32-19;23-15-11-17-18(31-10-9-30-17)12-19(15)32-22-26-20-16(1-5-25-21(20)24)28(22)8-4-14-2-6-27(13-29)7-3-14/h2,6,12-15,31H,3-5,7-11H2,1H3,(H2,26,27);2,6,12-13,15H,3-5,7-11H2,1H3,(H2,25,26);1,5,11-14H,2-4,6-10H2,(H2,24,25)/t14-;;/m0../s1. The van der Waals surface area contributed by atoms with E-state index in [0.717, 1.165) is 216 Å². The highest BCUT2D eigenvalue weighted by Crippen LogP contribution is 2.47. The molecular formula is C69H78Br3N15O10S3. The van der Waals surface area contributed by atoms with Gasteiger partial charge in [-0.05, 0) is 185 Å². The fraction of sp³-hybridized carbons (Fsp3) is 0.435. The zero-order valence-corrected chi connectivity index (χ0v) is 62.6. The molecule has 31 heteroatoms. The van der Waals surface area contributed by atoms with Crippen molar-refractivity contribution in [3.05, 3.63) is 86.6 Å². The second-order valence-electron chi connectivity index (χ2n) is 25.3. The van der Waals surface area contributed by atoms with Crippen LogP contribution in [-0.4, -0.2) is 167 Å². The molecule has 0 spiro atoms. The molecule has 0 aliphatic carbocycles. The number of nitrogen functional groups attached to an aromatic ring is 3. The van der Waals surface area contributed by atoms with Crippen molar-refractivity contribution in [2.24, 2.45) is 17.8 Å². The first-order valence-corrected chi connectivity index (χ1v) is 38.4. The summed E-state index contributed by atoms with van der Waals surface area (Å²) in [4.78, 5) is 70.5. The number of aliphatic hydroxyl groups is 1. The van der Waals surface area contributed by atoms with Crippen molar-refractivity contribution in [3.8, 4) is 34.5 Å². The van der Waals surface area contributed by atoms with Crippen LogP contribution in [0.3, 0.4) is 0 Å². The maximum Gasteiger partial charge on any atom is 0.251 e. The Balaban J connectivity index is 0.000000135. The predicted molar refractivity (Wildman–Crippen MR) is 394 cm³/mol. The van der Waals surface area contributed by atoms with Gasteiger partial charge in [0.05, 0.1) is 16.6 Å². The summed E-state index contributed by atoms with van der Waals surface area (Å²) in [6, 6.07) is 17.7. The highest BCUT2D eigenvalue weighted by atomic mass is 79.9. The Hall–Kier alpha value is -7.42. The number of ether oxygens (including phenoxy) is 6. The average Bonchev–Trinajstić information content (AvgIpc) is 1.63. The zero-order chi connectivity index (χ0) is 69.6. The van der Waals surface area contributed by atoms with Gasteiger partial charge in [-0.1, -0.05) is 35.3 Å². The van der Waals surface area contributed by atoms with Crippen LogP contribution in [0.1, 0.15) is 71.6 Å². The highest BCUT2D eigenvalue weighted by molar-refractivity contribution is 9.11. The second kappa shape index (κ2) is 32.3. The van der Waals surface area contributed by atoms with Gasteiger partial charge in [-0.15, -0.1) is 0 Å². The molecule has 0 saturated carbocycles. The lowest BCUT2D eigenvalue weighted by atomic mass is 9.93. The highest BCUT2D eigenvalue weighted by Gasteiger charge is 2.29. The number of anilines is 3. The van der Waals surface area contributed by atoms with E-state index in [1.54, 1.807) is 65.7 Å². The number of pyridine rings is 3. The van der Waals surface area contributed by atoms with Crippen LogP contribution in [0, 0.1) is 17.8 Å². The molecule has 100 heavy (non-hydrogen) atoms. The van der Waals surface area contributed by atoms with Gasteiger partial charge in [0.1, 0.15) is 62.3 Å². The van der Waals surface area contributed by atoms with Crippen molar-refractivity contribution >= 4 is 152 Å². The first-order chi connectivity index (χ1) is 48.5. The molecule has 15 rings (SSSR count). The molecule has 7 N–H and O–H groups in total. The van der Waals surface area contributed by atoms with Crippen molar-refractivity contribution in [1.29, 1.82) is 0 Å². The first-order valence-electron chi connectivity index (χ1n) is 33.6. The normalized spacial score (nSPS) is 16.6. The van der Waals surface area contributed by atoms with Gasteiger partial charge < -0.3 is 79.1 Å². The molecule has 3 fully saturated rings. The summed E-state index contributed by atoms with van der Waals surface area (Å²) >= 11 is 15.7. The maximum atomic E-state index is 12.1. The van der Waals surface area contributed by atoms with E-state index in [9.17, 15) is 19.5 Å². The Morgan fingerprint density at radius 3 is 1.11 bits per heavy atom. The Morgan fingerprint density at radius 1 is 0.510 bits per heavy atom. The van der Waals surface area contributed by atoms with E-state index in [1.807, 2.05) is 64.4 Å². The third kappa shape index (κ3) is 16.4. The van der Waals surface area contributed by atoms with Gasteiger partial charge in [0.2, 0.25) is 12.3 Å². The second-order valence-corrected chi connectivity index (χ2v) is 30.9. The quantitative estimate of drug-likeness (QED) is 0.0616. The molecule has 0 unspecified atom stereocenters. The lowest BCUT2D eigenvalue weighted by molar-refractivity contribution is -0.140. The summed E-state index contributed by atoms with van der Waals surface area (Å²) in [5.41, 5.74) is 23.5. The number of piperidine rings is 3. The molecule has 6 aliphatic heterocycles. The molecule has 9 aromatic rings. The van der Waals surface area contributed by atoms with E-state index >= 15 is 0 Å². The number of hydrogen-bond acceptors (Lipinski definition) is 22. The molecular weight excluding hydrogens is 1530 g/mol. The molecule has 3 amide bonds. The van der Waals surface area contributed by atoms with Gasteiger partial charge in [0.25, 0.3) is 5.91 Å². The van der Waals surface area contributed by atoms with E-state index < -0.39 is 6.10 Å². The smallest absolute Gasteiger partial charge is 0.251 e. The number of rotatable bonds is 17. The number of carbonyl (C=O) groups is 3. The van der Waals surface area contributed by atoms with Gasteiger partial charge in [-0.25, -0.2) is 29.9 Å². The van der Waals surface area contributed by atoms with Crippen LogP contribution in [0.25, 0.3) is 33.1 Å². The van der Waals surface area contributed by atoms with Crippen LogP contribution in [0.5, 0.6) is 34.5 Å². The number of halogens is 3. The zero-order valence-electron chi connectivity index (χ0n) is 55.4. The monoisotopic (exact) mass is 1610 g/mol. The number of aryl methyl sites for hydroxylation is 3. The molecule has 3 saturated heterocycles. The van der Waals surface area contributed by atoms with Crippen molar-refractivity contribution in [3.63, 3.8) is 0 Å². The Bertz CT molecular complexity index is 4460. The fourth-order valence-corrected chi connectivity index (χ4v) is 17.8. The van der Waals surface area contributed by atoms with Gasteiger partial charge in [0.15, 0.2) is 67.4 Å². The van der Waals surface area contributed by atoms with E-state index in [-0.39, 0.29) is 11.8 Å². The van der Waals surface area contributed by atoms with Crippen LogP contribution in [-0.2, 0) is 34.0 Å². The van der Waals surface area contributed by atoms with Crippen LogP contribution in [0.4, 0.5) is 17.5 Å². The first kappa shape index (κ1) is 71.0. The number of carbonyl (C=O) groups excluding carboxylic acids is 3. The number of nitrogens with two attached hydrogens (primary N) is 3. The number of amides is 3. The van der Waals surface area contributed by atoms with Crippen molar-refractivity contribution < 1.29 is 47.9 Å². The summed E-state index contributed by atoms with van der Waals surface area (Å²) in [6.45, 7) is 13.6. The number of imidazole rings is 3. The Labute approximate surface area is 616 Å². The number of aliphatic hydroxyl groups excluding tert-OH is 1. The molecule has 12 heterocycles. The third-order valence-corrected chi connectivity index (χ3v) is 24.7. The number of aromatic nitrogens is 9. The topological polar surface area (TPSA) is 307 Å². The number of hydrogen-bond donors (Lipinski definition) is 4. The Kier molecular flexibility index (Phi) is 22.9. The molecule has 6 aliphatic rings. The van der Waals surface area contributed by atoms with Gasteiger partial charge >= 0.3 is 0 Å². The SMILES string of the molecule is CC(=O)N1CCC(CCn2c(Sc3cc4c(cc3Br)OCCO4)nc3c(N)nccc32)CC1.C[C@H](O)C(=O)N1CCC(CCn2c(Sc3cc4c(cc3Br)OCCO4)nc3c(N)nccc32)CC1.Nc1nccc2c1nc(Sc1cc3c(cc1Br)OCCO3)n2CCC1CCN(C=O)CC1. The third-order valence-electron chi connectivity index (χ3n) is 18.8. The average molecular weight is 1610 g/mol. The maximum absolute atomic E-state index is 12.1. The summed E-state index contributed by atoms with van der Waals surface area (Å²) in [6.07, 6.45) is 14.2. The molecule has 0 bridgehead atoms. The summed E-state index contributed by atoms with van der Waals surface area (Å²) < 4.78 is 43.8. The molecule has 0 radical (unpaired) electrons. The minimum Gasteiger partial charge on any atom is -0.486 e. The Morgan fingerprint density at radius 2 is 0.810 bits per heavy atom. The van der Waals surface area contributed by atoms with Crippen molar-refractivity contribution in [1.82, 2.24) is 58.3 Å². The number of nitrogens with zero attached hydrogens (tertiary/aromatic N) is 12. The largest absolute Gasteiger partial charge is 0.486 e. The van der Waals surface area contributed by atoms with Crippen LogP contribution < -0.4 is 45.6 Å². The van der Waals surface area contributed by atoms with E-state index in [1.165, 1.54) is 6.92 Å². The molecule has 3 aromatic carbocycles. The number of likely N-dealkylation sites (tertiary alicyclic amines) is 3. The van der Waals surface area contributed by atoms with Gasteiger partial charge in [0, 0.05) is 113 Å². The fourth-order valence-electron chi connectivity index (χ4n) is 13.2. The summed E-state index contributed by atoms with van der Waals surface area (Å²) in [7, 11) is 0. The molecule has 528 valence electrons. The van der Waals surface area contributed by atoms with E-state index in [0.29, 0.717) is 93.5 Å². The van der Waals surface area contributed by atoms with Gasteiger partial charge in [-0.2, -0.15) is 0 Å². The lowest BCUT2D eigenvalue weighted by Crippen LogP contribution is -2.43. The minimum absolute atomic E-state index is 0.167. The van der Waals surface area contributed by atoms with Crippen molar-refractivity contribution in [2.45, 2.75) is 128 Å².